The van der Waals surface area contributed by atoms with Gasteiger partial charge in [0.15, 0.2) is 5.78 Å². The Hall–Kier alpha value is -1.02. The largest absolute Gasteiger partial charge is 0.398 e. The molecule has 0 aliphatic rings. The van der Waals surface area contributed by atoms with Gasteiger partial charge in [0.1, 0.15) is 0 Å². The van der Waals surface area contributed by atoms with E-state index in [1.807, 2.05) is 0 Å². The van der Waals surface area contributed by atoms with E-state index in [1.165, 1.54) is 0 Å². The van der Waals surface area contributed by atoms with Crippen molar-refractivity contribution in [3.8, 4) is 0 Å². The summed E-state index contributed by atoms with van der Waals surface area (Å²) in [5.74, 6) is 0.612. The number of hydrogen-bond donors (Lipinski definition) is 1. The average molecular weight is 240 g/mol. The number of nitrogen functional groups attached to an aromatic ring is 1. The van der Waals surface area contributed by atoms with Gasteiger partial charge in [-0.15, -0.1) is 0 Å². The lowest BCUT2D eigenvalue weighted by Gasteiger charge is -2.11. The lowest BCUT2D eigenvalue weighted by atomic mass is 9.94. The first kappa shape index (κ1) is 13.0. The summed E-state index contributed by atoms with van der Waals surface area (Å²) < 4.78 is 0. The van der Waals surface area contributed by atoms with Gasteiger partial charge in [0, 0.05) is 12.0 Å². The molecule has 1 rings (SSSR count). The zero-order chi connectivity index (χ0) is 12.1. The molecule has 2 nitrogen and oxygen atoms in total. The Bertz CT molecular complexity index is 372. The van der Waals surface area contributed by atoms with Crippen LogP contribution in [0.1, 0.15) is 43.5 Å². The third-order valence-corrected chi connectivity index (χ3v) is 3.29. The fourth-order valence-electron chi connectivity index (χ4n) is 1.67. The molecule has 0 spiro atoms. The summed E-state index contributed by atoms with van der Waals surface area (Å²) in [7, 11) is 0. The number of anilines is 1. The maximum absolute atomic E-state index is 11.9. The van der Waals surface area contributed by atoms with E-state index in [0.717, 1.165) is 12.8 Å². The smallest absolute Gasteiger partial charge is 0.163 e. The van der Waals surface area contributed by atoms with E-state index in [4.69, 9.17) is 17.3 Å². The van der Waals surface area contributed by atoms with Crippen LogP contribution >= 0.6 is 11.6 Å². The molecule has 0 saturated carbocycles. The van der Waals surface area contributed by atoms with Crippen LogP contribution in [0.15, 0.2) is 18.2 Å². The molecule has 0 aliphatic carbocycles. The quantitative estimate of drug-likeness (QED) is 0.625. The Morgan fingerprint density at radius 1 is 1.38 bits per heavy atom. The van der Waals surface area contributed by atoms with Crippen LogP contribution in [0, 0.1) is 5.92 Å². The van der Waals surface area contributed by atoms with Crippen molar-refractivity contribution in [2.75, 3.05) is 5.73 Å². The van der Waals surface area contributed by atoms with Crippen molar-refractivity contribution < 1.29 is 4.79 Å². The summed E-state index contributed by atoms with van der Waals surface area (Å²) in [6.45, 7) is 4.22. The van der Waals surface area contributed by atoms with Gasteiger partial charge in [0.25, 0.3) is 0 Å². The number of benzene rings is 1. The molecule has 88 valence electrons. The molecule has 2 N–H and O–H groups in total. The van der Waals surface area contributed by atoms with Crippen LogP contribution in [0.25, 0.3) is 0 Å². The normalized spacial score (nSPS) is 10.8. The highest BCUT2D eigenvalue weighted by Crippen LogP contribution is 2.22. The van der Waals surface area contributed by atoms with E-state index in [0.29, 0.717) is 28.6 Å². The lowest BCUT2D eigenvalue weighted by Crippen LogP contribution is -2.07. The van der Waals surface area contributed by atoms with Crippen molar-refractivity contribution in [1.29, 1.82) is 0 Å². The number of hydrogen-bond acceptors (Lipinski definition) is 2. The van der Waals surface area contributed by atoms with E-state index in [9.17, 15) is 4.79 Å². The molecule has 0 fully saturated rings. The lowest BCUT2D eigenvalue weighted by molar-refractivity contribution is 0.0959. The number of rotatable bonds is 5. The molecule has 1 aromatic carbocycles. The van der Waals surface area contributed by atoms with Crippen molar-refractivity contribution in [3.05, 3.63) is 28.8 Å². The van der Waals surface area contributed by atoms with Crippen LogP contribution in [-0.4, -0.2) is 5.78 Å². The SMILES string of the molecule is CCC(CC)CC(=O)c1ccc(Cl)c(N)c1. The Labute approximate surface area is 102 Å². The summed E-state index contributed by atoms with van der Waals surface area (Å²) >= 11 is 5.81. The molecule has 0 radical (unpaired) electrons. The van der Waals surface area contributed by atoms with Crippen molar-refractivity contribution >= 4 is 23.1 Å². The Kier molecular flexibility index (Phi) is 4.81. The minimum Gasteiger partial charge on any atom is -0.398 e. The Balaban J connectivity index is 2.76. The van der Waals surface area contributed by atoms with Gasteiger partial charge in [0.2, 0.25) is 0 Å². The topological polar surface area (TPSA) is 43.1 Å². The van der Waals surface area contributed by atoms with Gasteiger partial charge in [-0.1, -0.05) is 38.3 Å². The second-order valence-electron chi connectivity index (χ2n) is 4.05. The summed E-state index contributed by atoms with van der Waals surface area (Å²) in [4.78, 5) is 11.9. The van der Waals surface area contributed by atoms with Gasteiger partial charge in [-0.05, 0) is 24.1 Å². The molecule has 0 amide bonds. The Morgan fingerprint density at radius 2 is 2.00 bits per heavy atom. The highest BCUT2D eigenvalue weighted by Gasteiger charge is 2.13. The molecule has 3 heteroatoms. The van der Waals surface area contributed by atoms with Crippen LogP contribution in [-0.2, 0) is 0 Å². The number of halogens is 1. The second kappa shape index (κ2) is 5.90. The first-order valence-electron chi connectivity index (χ1n) is 5.66. The Morgan fingerprint density at radius 3 is 2.50 bits per heavy atom. The van der Waals surface area contributed by atoms with Gasteiger partial charge < -0.3 is 5.73 Å². The molecule has 0 unspecified atom stereocenters. The first-order chi connectivity index (χ1) is 7.58. The summed E-state index contributed by atoms with van der Waals surface area (Å²) in [6.07, 6.45) is 2.66. The standard InChI is InChI=1S/C13H18ClNO/c1-3-9(4-2)7-13(16)10-5-6-11(14)12(15)8-10/h5-6,8-9H,3-4,7,15H2,1-2H3. The van der Waals surface area contributed by atoms with E-state index >= 15 is 0 Å². The molecule has 16 heavy (non-hydrogen) atoms. The maximum atomic E-state index is 11.9. The zero-order valence-corrected chi connectivity index (χ0v) is 10.6. The van der Waals surface area contributed by atoms with Crippen molar-refractivity contribution in [1.82, 2.24) is 0 Å². The molecule has 1 aromatic rings. The van der Waals surface area contributed by atoms with E-state index in [2.05, 4.69) is 13.8 Å². The monoisotopic (exact) mass is 239 g/mol. The predicted octanol–water partition coefficient (Wildman–Crippen LogP) is 3.93. The number of ketones is 1. The van der Waals surface area contributed by atoms with Gasteiger partial charge in [0.05, 0.1) is 10.7 Å². The molecule has 0 aliphatic heterocycles. The van der Waals surface area contributed by atoms with Gasteiger partial charge in [-0.25, -0.2) is 0 Å². The van der Waals surface area contributed by atoms with Crippen molar-refractivity contribution in [3.63, 3.8) is 0 Å². The van der Waals surface area contributed by atoms with Crippen LogP contribution in [0.2, 0.25) is 5.02 Å². The highest BCUT2D eigenvalue weighted by molar-refractivity contribution is 6.33. The van der Waals surface area contributed by atoms with Crippen LogP contribution in [0.3, 0.4) is 0 Å². The molecule has 0 bridgehead atoms. The summed E-state index contributed by atoms with van der Waals surface area (Å²) in [6, 6.07) is 5.08. The van der Waals surface area contributed by atoms with Crippen LogP contribution in [0.5, 0.6) is 0 Å². The zero-order valence-electron chi connectivity index (χ0n) is 9.79. The molecule has 0 aromatic heterocycles. The van der Waals surface area contributed by atoms with Gasteiger partial charge >= 0.3 is 0 Å². The third kappa shape index (κ3) is 3.24. The predicted molar refractivity (Wildman–Crippen MR) is 68.9 cm³/mol. The van der Waals surface area contributed by atoms with E-state index < -0.39 is 0 Å². The summed E-state index contributed by atoms with van der Waals surface area (Å²) in [5, 5.41) is 0.499. The minimum absolute atomic E-state index is 0.150. The summed E-state index contributed by atoms with van der Waals surface area (Å²) in [5.41, 5.74) is 6.80. The van der Waals surface area contributed by atoms with E-state index in [-0.39, 0.29) is 5.78 Å². The number of carbonyl (C=O) groups is 1. The molecular weight excluding hydrogens is 222 g/mol. The third-order valence-electron chi connectivity index (χ3n) is 2.95. The molecule has 0 heterocycles. The molecule has 0 saturated heterocycles. The molecular formula is C13H18ClNO. The average Bonchev–Trinajstić information content (AvgIpc) is 2.29. The van der Waals surface area contributed by atoms with Gasteiger partial charge in [-0.2, -0.15) is 0 Å². The number of nitrogens with two attached hydrogens (primary N) is 1. The van der Waals surface area contributed by atoms with E-state index in [1.54, 1.807) is 18.2 Å². The fraction of sp³-hybridized carbons (Fsp3) is 0.462. The van der Waals surface area contributed by atoms with Crippen LogP contribution < -0.4 is 5.73 Å². The van der Waals surface area contributed by atoms with Crippen molar-refractivity contribution in [2.45, 2.75) is 33.1 Å². The first-order valence-corrected chi connectivity index (χ1v) is 6.04. The number of Topliss-reactive ketones (excluding diaryl/α,β-unsaturated/α-hetero) is 1. The maximum Gasteiger partial charge on any atom is 0.163 e. The minimum atomic E-state index is 0.150. The molecule has 0 atom stereocenters. The van der Waals surface area contributed by atoms with Crippen LogP contribution in [0.4, 0.5) is 5.69 Å². The second-order valence-corrected chi connectivity index (χ2v) is 4.45. The van der Waals surface area contributed by atoms with Crippen molar-refractivity contribution in [2.24, 2.45) is 5.92 Å². The van der Waals surface area contributed by atoms with Gasteiger partial charge in [-0.3, -0.25) is 4.79 Å². The highest BCUT2D eigenvalue weighted by atomic mass is 35.5. The fourth-order valence-corrected chi connectivity index (χ4v) is 1.79. The number of carbonyl (C=O) groups excluding carboxylic acids is 1.